The van der Waals surface area contributed by atoms with Crippen molar-refractivity contribution in [1.29, 1.82) is 0 Å². The molecule has 132 valence electrons. The highest BCUT2D eigenvalue weighted by atomic mass is 32.2. The SMILES string of the molecule is CSc1nnc(C)c(=O)n1/N=C\c1ccc(OC(=O)c2cccs2)cc1. The Morgan fingerprint density at radius 1 is 1.27 bits per heavy atom. The van der Waals surface area contributed by atoms with Crippen molar-refractivity contribution in [2.45, 2.75) is 12.1 Å². The van der Waals surface area contributed by atoms with Crippen LogP contribution in [0.25, 0.3) is 0 Å². The third kappa shape index (κ3) is 4.06. The van der Waals surface area contributed by atoms with Gasteiger partial charge in [0.1, 0.15) is 16.3 Å². The molecule has 0 fully saturated rings. The Hall–Kier alpha value is -2.78. The number of rotatable bonds is 5. The Morgan fingerprint density at radius 3 is 2.69 bits per heavy atom. The molecular weight excluding hydrogens is 372 g/mol. The Morgan fingerprint density at radius 2 is 2.04 bits per heavy atom. The second kappa shape index (κ2) is 8.07. The number of aryl methyl sites for hydroxylation is 1. The van der Waals surface area contributed by atoms with Gasteiger partial charge in [0.15, 0.2) is 0 Å². The monoisotopic (exact) mass is 386 g/mol. The average Bonchev–Trinajstić information content (AvgIpc) is 3.19. The van der Waals surface area contributed by atoms with Crippen LogP contribution in [0, 0.1) is 6.92 Å². The van der Waals surface area contributed by atoms with Gasteiger partial charge in [0.25, 0.3) is 5.56 Å². The van der Waals surface area contributed by atoms with Crippen LogP contribution in [-0.2, 0) is 0 Å². The number of thioether (sulfide) groups is 1. The first kappa shape index (κ1) is 18.0. The quantitative estimate of drug-likeness (QED) is 0.290. The van der Waals surface area contributed by atoms with Gasteiger partial charge in [0, 0.05) is 0 Å². The van der Waals surface area contributed by atoms with E-state index in [9.17, 15) is 9.59 Å². The first-order valence-corrected chi connectivity index (χ1v) is 9.59. The number of esters is 1. The summed E-state index contributed by atoms with van der Waals surface area (Å²) in [6.45, 7) is 1.59. The van der Waals surface area contributed by atoms with Gasteiger partial charge in [-0.15, -0.1) is 21.5 Å². The summed E-state index contributed by atoms with van der Waals surface area (Å²) in [6, 6.07) is 10.3. The summed E-state index contributed by atoms with van der Waals surface area (Å²) in [5.41, 5.74) is 0.701. The molecule has 0 amide bonds. The van der Waals surface area contributed by atoms with Gasteiger partial charge in [0.05, 0.1) is 6.21 Å². The van der Waals surface area contributed by atoms with E-state index in [0.29, 0.717) is 15.8 Å². The number of carbonyl (C=O) groups is 1. The lowest BCUT2D eigenvalue weighted by Gasteiger charge is -2.04. The van der Waals surface area contributed by atoms with Gasteiger partial charge in [-0.1, -0.05) is 17.8 Å². The Labute approximate surface area is 157 Å². The van der Waals surface area contributed by atoms with Crippen LogP contribution in [0.15, 0.2) is 56.8 Å². The molecule has 3 rings (SSSR count). The maximum absolute atomic E-state index is 12.1. The van der Waals surface area contributed by atoms with Crippen molar-refractivity contribution >= 4 is 35.3 Å². The van der Waals surface area contributed by atoms with Gasteiger partial charge in [-0.05, 0) is 54.5 Å². The van der Waals surface area contributed by atoms with E-state index in [2.05, 4.69) is 15.3 Å². The number of benzene rings is 1. The third-order valence-corrected chi connectivity index (χ3v) is 4.76. The summed E-state index contributed by atoms with van der Waals surface area (Å²) in [6.07, 6.45) is 3.33. The summed E-state index contributed by atoms with van der Waals surface area (Å²) in [5.74, 6) is 0.0415. The molecule has 1 aromatic carbocycles. The molecule has 0 N–H and O–H groups in total. The zero-order chi connectivity index (χ0) is 18.5. The molecule has 0 atom stereocenters. The molecule has 0 aliphatic carbocycles. The minimum atomic E-state index is -0.393. The normalized spacial score (nSPS) is 11.0. The molecule has 0 aliphatic heterocycles. The van der Waals surface area contributed by atoms with Crippen LogP contribution >= 0.6 is 23.1 Å². The molecule has 7 nitrogen and oxygen atoms in total. The van der Waals surface area contributed by atoms with Gasteiger partial charge in [-0.25, -0.2) is 4.79 Å². The predicted octanol–water partition coefficient (Wildman–Crippen LogP) is 2.83. The summed E-state index contributed by atoms with van der Waals surface area (Å²) in [4.78, 5) is 24.6. The Kier molecular flexibility index (Phi) is 5.59. The first-order chi connectivity index (χ1) is 12.6. The lowest BCUT2D eigenvalue weighted by Crippen LogP contribution is -2.23. The van der Waals surface area contributed by atoms with E-state index in [-0.39, 0.29) is 11.3 Å². The number of nitrogens with zero attached hydrogens (tertiary/aromatic N) is 4. The van der Waals surface area contributed by atoms with Crippen molar-refractivity contribution < 1.29 is 9.53 Å². The second-order valence-corrected chi connectivity index (χ2v) is 6.79. The molecule has 0 spiro atoms. The molecule has 2 aromatic heterocycles. The molecule has 26 heavy (non-hydrogen) atoms. The highest BCUT2D eigenvalue weighted by molar-refractivity contribution is 7.98. The molecule has 0 saturated heterocycles. The first-order valence-electron chi connectivity index (χ1n) is 7.49. The van der Waals surface area contributed by atoms with E-state index >= 15 is 0 Å². The molecule has 0 bridgehead atoms. The molecule has 2 heterocycles. The molecule has 0 unspecified atom stereocenters. The van der Waals surface area contributed by atoms with Crippen molar-refractivity contribution in [3.05, 3.63) is 68.3 Å². The van der Waals surface area contributed by atoms with Crippen LogP contribution in [0.2, 0.25) is 0 Å². The third-order valence-electron chi connectivity index (χ3n) is 3.29. The fourth-order valence-corrected chi connectivity index (χ4v) is 2.99. The Balaban J connectivity index is 1.76. The largest absolute Gasteiger partial charge is 0.422 e. The summed E-state index contributed by atoms with van der Waals surface area (Å²) >= 11 is 2.60. The number of hydrogen-bond acceptors (Lipinski definition) is 8. The van der Waals surface area contributed by atoms with Crippen LogP contribution in [0.3, 0.4) is 0 Å². The van der Waals surface area contributed by atoms with Crippen LogP contribution in [0.1, 0.15) is 20.9 Å². The van der Waals surface area contributed by atoms with Crippen LogP contribution in [-0.4, -0.2) is 33.3 Å². The van der Waals surface area contributed by atoms with Gasteiger partial charge in [-0.3, -0.25) is 4.79 Å². The topological polar surface area (TPSA) is 86.4 Å². The number of aromatic nitrogens is 3. The number of carbonyl (C=O) groups excluding carboxylic acids is 1. The molecule has 0 aliphatic rings. The molecule has 0 radical (unpaired) electrons. The lowest BCUT2D eigenvalue weighted by atomic mass is 10.2. The molecular formula is C17H14N4O3S2. The zero-order valence-electron chi connectivity index (χ0n) is 13.9. The molecule has 3 aromatic rings. The van der Waals surface area contributed by atoms with Crippen LogP contribution in [0.5, 0.6) is 5.75 Å². The summed E-state index contributed by atoms with van der Waals surface area (Å²) in [5, 5.41) is 14.2. The Bertz CT molecular complexity index is 996. The highest BCUT2D eigenvalue weighted by Crippen LogP contribution is 2.16. The number of ether oxygens (including phenoxy) is 1. The molecule has 0 saturated carbocycles. The van der Waals surface area contributed by atoms with E-state index in [0.717, 1.165) is 5.56 Å². The zero-order valence-corrected chi connectivity index (χ0v) is 15.6. The van der Waals surface area contributed by atoms with E-state index in [1.807, 2.05) is 5.38 Å². The van der Waals surface area contributed by atoms with E-state index in [1.54, 1.807) is 49.6 Å². The summed E-state index contributed by atoms with van der Waals surface area (Å²) in [7, 11) is 0. The average molecular weight is 386 g/mol. The van der Waals surface area contributed by atoms with E-state index < -0.39 is 5.97 Å². The van der Waals surface area contributed by atoms with E-state index in [4.69, 9.17) is 4.74 Å². The highest BCUT2D eigenvalue weighted by Gasteiger charge is 2.09. The summed E-state index contributed by atoms with van der Waals surface area (Å²) < 4.78 is 6.50. The second-order valence-electron chi connectivity index (χ2n) is 5.07. The predicted molar refractivity (Wildman–Crippen MR) is 102 cm³/mol. The minimum absolute atomic E-state index is 0.274. The van der Waals surface area contributed by atoms with Crippen molar-refractivity contribution in [2.24, 2.45) is 5.10 Å². The van der Waals surface area contributed by atoms with Crippen molar-refractivity contribution in [3.63, 3.8) is 0 Å². The fourth-order valence-electron chi connectivity index (χ4n) is 1.97. The van der Waals surface area contributed by atoms with Gasteiger partial charge >= 0.3 is 5.97 Å². The van der Waals surface area contributed by atoms with Gasteiger partial charge < -0.3 is 4.74 Å². The van der Waals surface area contributed by atoms with Crippen LogP contribution < -0.4 is 10.3 Å². The maximum atomic E-state index is 12.1. The standard InChI is InChI=1S/C17H14N4O3S2/c1-11-15(22)21(17(25-2)20-19-11)18-10-12-5-7-13(8-6-12)24-16(23)14-4-3-9-26-14/h3-10H,1-2H3/b18-10-. The number of hydrogen-bond donors (Lipinski definition) is 0. The molecule has 9 heteroatoms. The van der Waals surface area contributed by atoms with Crippen molar-refractivity contribution in [1.82, 2.24) is 14.9 Å². The smallest absolute Gasteiger partial charge is 0.353 e. The lowest BCUT2D eigenvalue weighted by molar-refractivity contribution is 0.0740. The number of thiophene rings is 1. The minimum Gasteiger partial charge on any atom is -0.422 e. The van der Waals surface area contributed by atoms with Crippen molar-refractivity contribution in [2.75, 3.05) is 6.26 Å². The maximum Gasteiger partial charge on any atom is 0.353 e. The van der Waals surface area contributed by atoms with Crippen LogP contribution in [0.4, 0.5) is 0 Å². The fraction of sp³-hybridized carbons (Fsp3) is 0.118. The van der Waals surface area contributed by atoms with Gasteiger partial charge in [0.2, 0.25) is 5.16 Å². The van der Waals surface area contributed by atoms with Gasteiger partial charge in [-0.2, -0.15) is 9.78 Å². The van der Waals surface area contributed by atoms with E-state index in [1.165, 1.54) is 34.0 Å². The van der Waals surface area contributed by atoms with Crippen molar-refractivity contribution in [3.8, 4) is 5.75 Å².